The quantitative estimate of drug-likeness (QED) is 0.469. The van der Waals surface area contributed by atoms with E-state index in [4.69, 9.17) is 37.0 Å². The predicted molar refractivity (Wildman–Crippen MR) is 112 cm³/mol. The van der Waals surface area contributed by atoms with Gasteiger partial charge in [-0.3, -0.25) is 13.8 Å². The lowest BCUT2D eigenvalue weighted by atomic mass is 10.2. The van der Waals surface area contributed by atoms with Crippen molar-refractivity contribution in [2.45, 2.75) is 13.8 Å². The highest BCUT2D eigenvalue weighted by molar-refractivity contribution is 9.10. The molecule has 5 nitrogen and oxygen atoms in total. The van der Waals surface area contributed by atoms with Gasteiger partial charge in [-0.05, 0) is 50.2 Å². The molecule has 0 radical (unpaired) electrons. The number of halogens is 2. The van der Waals surface area contributed by atoms with Crippen molar-refractivity contribution in [3.8, 4) is 5.75 Å². The van der Waals surface area contributed by atoms with Crippen molar-refractivity contribution in [3.05, 3.63) is 57.5 Å². The molecule has 1 amide bonds. The standard InChI is InChI=1S/C17H18BrClNO4PS/c1-3-22-25(26,23-4-2)24-16-9-8-13(19)11-15(16)17(21)20-14-7-5-6-12(18)10-14/h5-11H,3-4H2,1-2H3,(H,20,21). The molecule has 2 aromatic carbocycles. The SMILES string of the molecule is CCOP(=S)(OCC)Oc1ccc(Cl)cc1C(=O)Nc1cccc(Br)c1. The molecule has 0 unspecified atom stereocenters. The molecule has 2 rings (SSSR count). The third-order valence-corrected chi connectivity index (χ3v) is 6.21. The summed E-state index contributed by atoms with van der Waals surface area (Å²) in [6.45, 7) is 1.26. The first-order valence-electron chi connectivity index (χ1n) is 7.82. The van der Waals surface area contributed by atoms with Gasteiger partial charge in [0.25, 0.3) is 5.91 Å². The van der Waals surface area contributed by atoms with E-state index < -0.39 is 6.72 Å². The van der Waals surface area contributed by atoms with E-state index in [1.807, 2.05) is 12.1 Å². The highest BCUT2D eigenvalue weighted by atomic mass is 79.9. The van der Waals surface area contributed by atoms with Crippen molar-refractivity contribution in [2.24, 2.45) is 0 Å². The lowest BCUT2D eigenvalue weighted by Gasteiger charge is -2.22. The summed E-state index contributed by atoms with van der Waals surface area (Å²) in [4.78, 5) is 12.7. The maximum absolute atomic E-state index is 12.7. The Labute approximate surface area is 171 Å². The predicted octanol–water partition coefficient (Wildman–Crippen LogP) is 6.03. The maximum Gasteiger partial charge on any atom is 0.380 e. The Bertz CT molecular complexity index is 826. The second-order valence-corrected chi connectivity index (χ2v) is 9.27. The van der Waals surface area contributed by atoms with Gasteiger partial charge in [0, 0.05) is 27.0 Å². The Kier molecular flexibility index (Phi) is 8.07. The molecule has 1 N–H and O–H groups in total. The van der Waals surface area contributed by atoms with E-state index in [2.05, 4.69) is 21.2 Å². The van der Waals surface area contributed by atoms with Gasteiger partial charge in [-0.1, -0.05) is 33.6 Å². The van der Waals surface area contributed by atoms with Crippen molar-refractivity contribution in [2.75, 3.05) is 18.5 Å². The molecule has 0 aromatic heterocycles. The Hall–Kier alpha value is -0.950. The van der Waals surface area contributed by atoms with E-state index in [1.54, 1.807) is 38.1 Å². The zero-order valence-electron chi connectivity index (χ0n) is 14.2. The van der Waals surface area contributed by atoms with Crippen LogP contribution in [0.15, 0.2) is 46.9 Å². The summed E-state index contributed by atoms with van der Waals surface area (Å²) in [7, 11) is 0. The number of carbonyl (C=O) groups excluding carboxylic acids is 1. The molecule has 0 spiro atoms. The second-order valence-electron chi connectivity index (χ2n) is 4.98. The van der Waals surface area contributed by atoms with Crippen LogP contribution in [-0.4, -0.2) is 19.1 Å². The van der Waals surface area contributed by atoms with Crippen molar-refractivity contribution >= 4 is 57.7 Å². The topological polar surface area (TPSA) is 56.8 Å². The second kappa shape index (κ2) is 9.83. The molecule has 2 aromatic rings. The van der Waals surface area contributed by atoms with E-state index in [0.29, 0.717) is 23.9 Å². The van der Waals surface area contributed by atoms with Crippen molar-refractivity contribution in [1.82, 2.24) is 0 Å². The van der Waals surface area contributed by atoms with Crippen LogP contribution < -0.4 is 9.84 Å². The molecule has 0 aliphatic heterocycles. The fourth-order valence-corrected chi connectivity index (χ4v) is 4.71. The lowest BCUT2D eigenvalue weighted by molar-refractivity contribution is 0.102. The number of carbonyl (C=O) groups is 1. The molecule has 0 aliphatic rings. The first-order valence-corrected chi connectivity index (χ1v) is 11.5. The summed E-state index contributed by atoms with van der Waals surface area (Å²) in [5.74, 6) is -0.123. The lowest BCUT2D eigenvalue weighted by Crippen LogP contribution is -2.14. The van der Waals surface area contributed by atoms with Crippen LogP contribution in [-0.2, 0) is 20.9 Å². The van der Waals surface area contributed by atoms with Crippen molar-refractivity contribution in [3.63, 3.8) is 0 Å². The van der Waals surface area contributed by atoms with E-state index >= 15 is 0 Å². The Morgan fingerprint density at radius 3 is 2.50 bits per heavy atom. The van der Waals surface area contributed by atoms with Gasteiger partial charge in [-0.2, -0.15) is 0 Å². The van der Waals surface area contributed by atoms with E-state index in [0.717, 1.165) is 4.47 Å². The van der Waals surface area contributed by atoms with Gasteiger partial charge in [-0.15, -0.1) is 0 Å². The van der Waals surface area contributed by atoms with E-state index in [9.17, 15) is 4.79 Å². The fourth-order valence-electron chi connectivity index (χ4n) is 2.05. The van der Waals surface area contributed by atoms with E-state index in [1.165, 1.54) is 6.07 Å². The first-order chi connectivity index (χ1) is 12.4. The highest BCUT2D eigenvalue weighted by Gasteiger charge is 2.24. The number of amides is 1. The molecule has 0 saturated carbocycles. The van der Waals surface area contributed by atoms with Gasteiger partial charge in [0.15, 0.2) is 0 Å². The molecule has 0 heterocycles. The van der Waals surface area contributed by atoms with Gasteiger partial charge < -0.3 is 9.84 Å². The van der Waals surface area contributed by atoms with Crippen LogP contribution in [0.5, 0.6) is 5.75 Å². The van der Waals surface area contributed by atoms with Crippen LogP contribution in [0.4, 0.5) is 5.69 Å². The van der Waals surface area contributed by atoms with Crippen LogP contribution in [0.25, 0.3) is 0 Å². The minimum atomic E-state index is -3.01. The molecular formula is C17H18BrClNO4PS. The average molecular weight is 479 g/mol. The largest absolute Gasteiger partial charge is 0.423 e. The number of benzene rings is 2. The number of nitrogens with one attached hydrogen (secondary N) is 1. The zero-order valence-corrected chi connectivity index (χ0v) is 18.3. The third kappa shape index (κ3) is 6.05. The van der Waals surface area contributed by atoms with E-state index in [-0.39, 0.29) is 17.2 Å². The van der Waals surface area contributed by atoms with Crippen molar-refractivity contribution in [1.29, 1.82) is 0 Å². The van der Waals surface area contributed by atoms with Gasteiger partial charge >= 0.3 is 6.72 Å². The number of rotatable bonds is 8. The van der Waals surface area contributed by atoms with Gasteiger partial charge in [-0.25, -0.2) is 0 Å². The summed E-state index contributed by atoms with van der Waals surface area (Å²) in [6, 6.07) is 12.0. The number of anilines is 1. The van der Waals surface area contributed by atoms with Crippen LogP contribution >= 0.6 is 34.2 Å². The molecule has 0 saturated heterocycles. The molecule has 26 heavy (non-hydrogen) atoms. The molecule has 0 aliphatic carbocycles. The number of hydrogen-bond acceptors (Lipinski definition) is 5. The molecule has 0 atom stereocenters. The van der Waals surface area contributed by atoms with Crippen LogP contribution in [0.3, 0.4) is 0 Å². The molecule has 0 bridgehead atoms. The maximum atomic E-state index is 12.7. The first kappa shape index (κ1) is 21.4. The summed E-state index contributed by atoms with van der Waals surface area (Å²) in [5.41, 5.74) is 0.871. The van der Waals surface area contributed by atoms with Crippen LogP contribution in [0.2, 0.25) is 5.02 Å². The summed E-state index contributed by atoms with van der Waals surface area (Å²) in [6.07, 6.45) is 0. The Morgan fingerprint density at radius 1 is 1.19 bits per heavy atom. The Morgan fingerprint density at radius 2 is 1.88 bits per heavy atom. The monoisotopic (exact) mass is 477 g/mol. The van der Waals surface area contributed by atoms with Crippen LogP contribution in [0, 0.1) is 0 Å². The fraction of sp³-hybridized carbons (Fsp3) is 0.235. The molecule has 9 heteroatoms. The van der Waals surface area contributed by atoms with Gasteiger partial charge in [0.2, 0.25) is 0 Å². The molecule has 140 valence electrons. The van der Waals surface area contributed by atoms with Crippen LogP contribution in [0.1, 0.15) is 24.2 Å². The summed E-state index contributed by atoms with van der Waals surface area (Å²) < 4.78 is 17.6. The minimum Gasteiger partial charge on any atom is -0.423 e. The smallest absolute Gasteiger partial charge is 0.380 e. The van der Waals surface area contributed by atoms with Gasteiger partial charge in [0.1, 0.15) is 5.75 Å². The summed E-state index contributed by atoms with van der Waals surface area (Å²) >= 11 is 14.8. The summed E-state index contributed by atoms with van der Waals surface area (Å²) in [5, 5.41) is 3.21. The van der Waals surface area contributed by atoms with Crippen molar-refractivity contribution < 1.29 is 18.4 Å². The highest BCUT2D eigenvalue weighted by Crippen LogP contribution is 2.50. The normalized spacial score (nSPS) is 11.2. The third-order valence-electron chi connectivity index (χ3n) is 3.05. The number of hydrogen-bond donors (Lipinski definition) is 1. The average Bonchev–Trinajstić information content (AvgIpc) is 2.57. The minimum absolute atomic E-state index is 0.242. The van der Waals surface area contributed by atoms with Gasteiger partial charge in [0.05, 0.1) is 18.8 Å². The zero-order chi connectivity index (χ0) is 19.2. The Balaban J connectivity index is 2.31. The molecule has 0 fully saturated rings. The molecular weight excluding hydrogens is 461 g/mol.